The smallest absolute Gasteiger partial charge is 0.269 e. The quantitative estimate of drug-likeness (QED) is 0.802. The van der Waals surface area contributed by atoms with E-state index in [0.717, 1.165) is 17.5 Å². The first-order valence-electron chi connectivity index (χ1n) is 6.26. The number of anilines is 1. The van der Waals surface area contributed by atoms with E-state index in [-0.39, 0.29) is 5.56 Å². The molecule has 6 nitrogen and oxygen atoms in total. The fourth-order valence-electron chi connectivity index (χ4n) is 2.01. The normalized spacial score (nSPS) is 16.9. The Labute approximate surface area is 105 Å². The van der Waals surface area contributed by atoms with Gasteiger partial charge in [0.05, 0.1) is 11.9 Å². The van der Waals surface area contributed by atoms with Crippen molar-refractivity contribution in [1.82, 2.24) is 9.78 Å². The molecule has 1 aromatic heterocycles. The van der Waals surface area contributed by atoms with Crippen LogP contribution in [0, 0.1) is 0 Å². The first-order valence-corrected chi connectivity index (χ1v) is 6.26. The average molecular weight is 250 g/mol. The highest BCUT2D eigenvalue weighted by Gasteiger charge is 2.20. The van der Waals surface area contributed by atoms with Gasteiger partial charge in [0, 0.05) is 12.1 Å². The van der Waals surface area contributed by atoms with E-state index in [1.54, 1.807) is 13.1 Å². The molecule has 1 amide bonds. The first kappa shape index (κ1) is 12.6. The van der Waals surface area contributed by atoms with Gasteiger partial charge in [-0.05, 0) is 25.7 Å². The van der Waals surface area contributed by atoms with Crippen molar-refractivity contribution in [2.75, 3.05) is 5.32 Å². The standard InChI is InChI=1S/C12H18N4O2/c1-2-10(12(13)18)16-11(17)6-9(7-14-16)15-8-4-3-5-8/h6-8,10,15H,2-5H2,1H3,(H2,13,18). The summed E-state index contributed by atoms with van der Waals surface area (Å²) in [6.07, 6.45) is 5.51. The van der Waals surface area contributed by atoms with E-state index in [1.165, 1.54) is 12.5 Å². The largest absolute Gasteiger partial charge is 0.381 e. The predicted octanol–water partition coefficient (Wildman–Crippen LogP) is 0.644. The van der Waals surface area contributed by atoms with E-state index < -0.39 is 11.9 Å². The molecule has 1 fully saturated rings. The van der Waals surface area contributed by atoms with Crippen LogP contribution in [0.5, 0.6) is 0 Å². The topological polar surface area (TPSA) is 90.0 Å². The molecular weight excluding hydrogens is 232 g/mol. The molecule has 1 unspecified atom stereocenters. The van der Waals surface area contributed by atoms with Crippen molar-refractivity contribution in [2.45, 2.75) is 44.7 Å². The van der Waals surface area contributed by atoms with Crippen LogP contribution in [0.25, 0.3) is 0 Å². The summed E-state index contributed by atoms with van der Waals surface area (Å²) in [4.78, 5) is 23.1. The molecule has 3 N–H and O–H groups in total. The molecule has 0 radical (unpaired) electrons. The third kappa shape index (κ3) is 2.52. The van der Waals surface area contributed by atoms with Crippen LogP contribution in [-0.4, -0.2) is 21.7 Å². The van der Waals surface area contributed by atoms with E-state index >= 15 is 0 Å². The lowest BCUT2D eigenvalue weighted by Gasteiger charge is -2.27. The highest BCUT2D eigenvalue weighted by atomic mass is 16.2. The van der Waals surface area contributed by atoms with Gasteiger partial charge in [0.25, 0.3) is 5.56 Å². The van der Waals surface area contributed by atoms with Crippen molar-refractivity contribution in [3.05, 3.63) is 22.6 Å². The molecule has 1 aliphatic rings. The fraction of sp³-hybridized carbons (Fsp3) is 0.583. The zero-order valence-electron chi connectivity index (χ0n) is 10.4. The number of nitrogens with two attached hydrogens (primary N) is 1. The maximum Gasteiger partial charge on any atom is 0.269 e. The van der Waals surface area contributed by atoms with Crippen LogP contribution < -0.4 is 16.6 Å². The van der Waals surface area contributed by atoms with Crippen molar-refractivity contribution in [3.8, 4) is 0 Å². The van der Waals surface area contributed by atoms with Gasteiger partial charge in [-0.2, -0.15) is 5.10 Å². The SMILES string of the molecule is CCC(C(N)=O)n1ncc(NC2CCC2)cc1=O. The second-order valence-electron chi connectivity index (χ2n) is 4.63. The second-order valence-corrected chi connectivity index (χ2v) is 4.63. The van der Waals surface area contributed by atoms with Crippen molar-refractivity contribution in [3.63, 3.8) is 0 Å². The Morgan fingerprint density at radius 3 is 2.83 bits per heavy atom. The summed E-state index contributed by atoms with van der Waals surface area (Å²) in [7, 11) is 0. The lowest BCUT2D eigenvalue weighted by Crippen LogP contribution is -2.35. The molecule has 1 atom stereocenters. The summed E-state index contributed by atoms with van der Waals surface area (Å²) in [6, 6.07) is 1.24. The zero-order valence-corrected chi connectivity index (χ0v) is 10.4. The Bertz CT molecular complexity index is 493. The van der Waals surface area contributed by atoms with Gasteiger partial charge in [0.2, 0.25) is 5.91 Å². The van der Waals surface area contributed by atoms with E-state index in [1.807, 2.05) is 0 Å². The predicted molar refractivity (Wildman–Crippen MR) is 68.3 cm³/mol. The van der Waals surface area contributed by atoms with Crippen LogP contribution in [0.15, 0.2) is 17.1 Å². The highest BCUT2D eigenvalue weighted by molar-refractivity contribution is 5.78. The van der Waals surface area contributed by atoms with Crippen molar-refractivity contribution < 1.29 is 4.79 Å². The molecule has 0 spiro atoms. The van der Waals surface area contributed by atoms with E-state index in [2.05, 4.69) is 10.4 Å². The Morgan fingerprint density at radius 2 is 2.39 bits per heavy atom. The van der Waals surface area contributed by atoms with Crippen LogP contribution in [-0.2, 0) is 4.79 Å². The van der Waals surface area contributed by atoms with Crippen molar-refractivity contribution in [1.29, 1.82) is 0 Å². The molecule has 0 bridgehead atoms. The first-order chi connectivity index (χ1) is 8.61. The Kier molecular flexibility index (Phi) is 3.64. The van der Waals surface area contributed by atoms with Gasteiger partial charge in [-0.3, -0.25) is 9.59 Å². The van der Waals surface area contributed by atoms with Gasteiger partial charge in [-0.15, -0.1) is 0 Å². The van der Waals surface area contributed by atoms with E-state index in [0.29, 0.717) is 18.2 Å². The summed E-state index contributed by atoms with van der Waals surface area (Å²) in [6.45, 7) is 1.80. The van der Waals surface area contributed by atoms with Gasteiger partial charge in [-0.25, -0.2) is 4.68 Å². The monoisotopic (exact) mass is 250 g/mol. The fourth-order valence-corrected chi connectivity index (χ4v) is 2.01. The summed E-state index contributed by atoms with van der Waals surface area (Å²) in [5.74, 6) is -0.535. The number of primary amides is 1. The summed E-state index contributed by atoms with van der Waals surface area (Å²) in [5.41, 5.74) is 5.65. The maximum atomic E-state index is 11.9. The van der Waals surface area contributed by atoms with Crippen LogP contribution >= 0.6 is 0 Å². The highest BCUT2D eigenvalue weighted by Crippen LogP contribution is 2.22. The van der Waals surface area contributed by atoms with E-state index in [9.17, 15) is 9.59 Å². The Balaban J connectivity index is 2.18. The van der Waals surface area contributed by atoms with Crippen LogP contribution in [0.3, 0.4) is 0 Å². The number of aromatic nitrogens is 2. The third-order valence-electron chi connectivity index (χ3n) is 3.31. The zero-order chi connectivity index (χ0) is 13.1. The molecule has 1 saturated carbocycles. The number of carbonyl (C=O) groups excluding carboxylic acids is 1. The minimum absolute atomic E-state index is 0.301. The van der Waals surface area contributed by atoms with Crippen molar-refractivity contribution in [2.24, 2.45) is 5.73 Å². The number of carbonyl (C=O) groups is 1. The third-order valence-corrected chi connectivity index (χ3v) is 3.31. The molecule has 1 aromatic rings. The van der Waals surface area contributed by atoms with Gasteiger partial charge in [0.1, 0.15) is 6.04 Å². The number of nitrogens with zero attached hydrogens (tertiary/aromatic N) is 2. The number of hydrogen-bond donors (Lipinski definition) is 2. The molecule has 1 heterocycles. The van der Waals surface area contributed by atoms with Gasteiger partial charge in [0.15, 0.2) is 0 Å². The van der Waals surface area contributed by atoms with Crippen molar-refractivity contribution >= 4 is 11.6 Å². The minimum Gasteiger partial charge on any atom is -0.381 e. The molecule has 0 aromatic carbocycles. The maximum absolute atomic E-state index is 11.9. The van der Waals surface area contributed by atoms with E-state index in [4.69, 9.17) is 5.73 Å². The second kappa shape index (κ2) is 5.20. The number of amides is 1. The summed E-state index contributed by atoms with van der Waals surface area (Å²) < 4.78 is 1.15. The molecule has 0 aliphatic heterocycles. The lowest BCUT2D eigenvalue weighted by molar-refractivity contribution is -0.121. The van der Waals surface area contributed by atoms with Gasteiger partial charge in [-0.1, -0.05) is 6.92 Å². The molecule has 2 rings (SSSR count). The number of rotatable bonds is 5. The molecule has 1 aliphatic carbocycles. The van der Waals surface area contributed by atoms with Gasteiger partial charge >= 0.3 is 0 Å². The average Bonchev–Trinajstić information content (AvgIpc) is 2.27. The molecule has 6 heteroatoms. The molecule has 98 valence electrons. The Hall–Kier alpha value is -1.85. The molecular formula is C12H18N4O2. The summed E-state index contributed by atoms with van der Waals surface area (Å²) >= 11 is 0. The van der Waals surface area contributed by atoms with Gasteiger partial charge < -0.3 is 11.1 Å². The van der Waals surface area contributed by atoms with Crippen LogP contribution in [0.1, 0.15) is 38.6 Å². The van der Waals surface area contributed by atoms with Crippen LogP contribution in [0.4, 0.5) is 5.69 Å². The minimum atomic E-state index is -0.671. The molecule has 18 heavy (non-hydrogen) atoms. The number of nitrogens with one attached hydrogen (secondary N) is 1. The molecule has 0 saturated heterocycles. The lowest BCUT2D eigenvalue weighted by atomic mass is 9.93. The Morgan fingerprint density at radius 1 is 1.67 bits per heavy atom. The van der Waals surface area contributed by atoms with Crippen LogP contribution in [0.2, 0.25) is 0 Å². The number of hydrogen-bond acceptors (Lipinski definition) is 4. The summed E-state index contributed by atoms with van der Waals surface area (Å²) in [5, 5.41) is 7.26.